The van der Waals surface area contributed by atoms with Crippen LogP contribution < -0.4 is 4.72 Å². The highest BCUT2D eigenvalue weighted by molar-refractivity contribution is 7.89. The Hall–Kier alpha value is -0.720. The van der Waals surface area contributed by atoms with E-state index in [2.05, 4.69) is 4.72 Å². The predicted octanol–water partition coefficient (Wildman–Crippen LogP) is 4.48. The van der Waals surface area contributed by atoms with E-state index in [1.165, 1.54) is 12.1 Å². The van der Waals surface area contributed by atoms with Crippen LogP contribution in [-0.2, 0) is 10.0 Å². The minimum absolute atomic E-state index is 0.0812. The van der Waals surface area contributed by atoms with Crippen molar-refractivity contribution in [3.8, 4) is 0 Å². The molecule has 0 radical (unpaired) electrons. The van der Waals surface area contributed by atoms with Crippen molar-refractivity contribution < 1.29 is 17.2 Å². The lowest BCUT2D eigenvalue weighted by molar-refractivity contribution is 0.148. The second-order valence-corrected chi connectivity index (χ2v) is 8.22. The molecule has 3 nitrogen and oxygen atoms in total. The molecule has 1 aromatic rings. The average Bonchev–Trinajstić information content (AvgIpc) is 2.23. The normalized spacial score (nSPS) is 13.2. The van der Waals surface area contributed by atoms with Crippen molar-refractivity contribution >= 4 is 21.6 Å². The molecular formula is C14H20ClF2NO2S. The first-order valence-corrected chi connectivity index (χ1v) is 8.37. The molecule has 0 bridgehead atoms. The first kappa shape index (κ1) is 18.3. The summed E-state index contributed by atoms with van der Waals surface area (Å²) in [6, 6.07) is 2.67. The SMILES string of the molecule is CC(C)c1ccc(S(=O)(=O)NC(C)(C)C)c(C(F)F)c1Cl. The molecule has 1 rings (SSSR count). The van der Waals surface area contributed by atoms with Crippen LogP contribution in [0.2, 0.25) is 5.02 Å². The number of benzene rings is 1. The van der Waals surface area contributed by atoms with Crippen LogP contribution in [0.3, 0.4) is 0 Å². The summed E-state index contributed by atoms with van der Waals surface area (Å²) in [7, 11) is -4.07. The lowest BCUT2D eigenvalue weighted by Gasteiger charge is -2.23. The van der Waals surface area contributed by atoms with Gasteiger partial charge in [0.2, 0.25) is 10.0 Å². The van der Waals surface area contributed by atoms with Crippen LogP contribution in [0.25, 0.3) is 0 Å². The summed E-state index contributed by atoms with van der Waals surface area (Å²) in [5.74, 6) is -0.0812. The number of alkyl halides is 2. The maximum absolute atomic E-state index is 13.3. The molecular weight excluding hydrogens is 320 g/mol. The fourth-order valence-electron chi connectivity index (χ4n) is 1.93. The zero-order valence-corrected chi connectivity index (χ0v) is 14.2. The van der Waals surface area contributed by atoms with E-state index in [0.717, 1.165) is 0 Å². The van der Waals surface area contributed by atoms with E-state index in [9.17, 15) is 17.2 Å². The summed E-state index contributed by atoms with van der Waals surface area (Å²) in [6.45, 7) is 8.51. The highest BCUT2D eigenvalue weighted by Gasteiger charge is 2.30. The van der Waals surface area contributed by atoms with Gasteiger partial charge in [-0.05, 0) is 38.3 Å². The molecule has 0 aliphatic heterocycles. The third-order valence-electron chi connectivity index (χ3n) is 2.74. The largest absolute Gasteiger partial charge is 0.266 e. The summed E-state index contributed by atoms with van der Waals surface area (Å²) in [5, 5.41) is -0.184. The van der Waals surface area contributed by atoms with Crippen molar-refractivity contribution in [3.63, 3.8) is 0 Å². The molecule has 0 unspecified atom stereocenters. The summed E-state index contributed by atoms with van der Waals surface area (Å²) < 4.78 is 53.6. The average molecular weight is 340 g/mol. The van der Waals surface area contributed by atoms with Gasteiger partial charge in [0, 0.05) is 5.54 Å². The Morgan fingerprint density at radius 1 is 1.19 bits per heavy atom. The molecule has 0 fully saturated rings. The number of hydrogen-bond acceptors (Lipinski definition) is 2. The van der Waals surface area contributed by atoms with Gasteiger partial charge in [-0.3, -0.25) is 0 Å². The first-order chi connectivity index (χ1) is 9.37. The van der Waals surface area contributed by atoms with Gasteiger partial charge < -0.3 is 0 Å². The van der Waals surface area contributed by atoms with Crippen LogP contribution in [0, 0.1) is 0 Å². The molecule has 1 aromatic carbocycles. The van der Waals surface area contributed by atoms with Gasteiger partial charge in [0.05, 0.1) is 15.5 Å². The molecule has 0 heterocycles. The van der Waals surface area contributed by atoms with E-state index in [0.29, 0.717) is 5.56 Å². The van der Waals surface area contributed by atoms with Crippen LogP contribution in [0.1, 0.15) is 58.1 Å². The number of rotatable bonds is 4. The number of hydrogen-bond donors (Lipinski definition) is 1. The minimum atomic E-state index is -4.07. The maximum atomic E-state index is 13.3. The second-order valence-electron chi connectivity index (χ2n) is 6.19. The van der Waals surface area contributed by atoms with E-state index in [4.69, 9.17) is 11.6 Å². The minimum Gasteiger partial charge on any atom is -0.207 e. The lowest BCUT2D eigenvalue weighted by atomic mass is 10.0. The van der Waals surface area contributed by atoms with Gasteiger partial charge in [0.15, 0.2) is 0 Å². The van der Waals surface area contributed by atoms with Crippen molar-refractivity contribution in [3.05, 3.63) is 28.3 Å². The van der Waals surface area contributed by atoms with Crippen molar-refractivity contribution in [1.29, 1.82) is 0 Å². The van der Waals surface area contributed by atoms with Crippen molar-refractivity contribution in [2.75, 3.05) is 0 Å². The summed E-state index contributed by atoms with van der Waals surface area (Å²) in [5.41, 5.74) is -0.914. The number of sulfonamides is 1. The van der Waals surface area contributed by atoms with Gasteiger partial charge >= 0.3 is 0 Å². The zero-order chi connectivity index (χ0) is 16.6. The van der Waals surface area contributed by atoms with Gasteiger partial charge in [-0.2, -0.15) is 0 Å². The van der Waals surface area contributed by atoms with E-state index in [-0.39, 0.29) is 10.9 Å². The lowest BCUT2D eigenvalue weighted by Crippen LogP contribution is -2.40. The smallest absolute Gasteiger partial charge is 0.207 e. The molecule has 120 valence electrons. The Labute approximate surface area is 129 Å². The first-order valence-electron chi connectivity index (χ1n) is 6.51. The second kappa shape index (κ2) is 6.18. The van der Waals surface area contributed by atoms with Crippen LogP contribution in [0.5, 0.6) is 0 Å². The Balaban J connectivity index is 3.55. The molecule has 0 aliphatic carbocycles. The van der Waals surface area contributed by atoms with Gasteiger partial charge in [-0.15, -0.1) is 0 Å². The van der Waals surface area contributed by atoms with E-state index < -0.39 is 32.4 Å². The summed E-state index contributed by atoms with van der Waals surface area (Å²) in [6.07, 6.45) is -2.97. The van der Waals surface area contributed by atoms with Crippen molar-refractivity contribution in [2.24, 2.45) is 0 Å². The molecule has 7 heteroatoms. The van der Waals surface area contributed by atoms with Crippen LogP contribution in [-0.4, -0.2) is 14.0 Å². The molecule has 1 N–H and O–H groups in total. The van der Waals surface area contributed by atoms with E-state index >= 15 is 0 Å². The van der Waals surface area contributed by atoms with Crippen molar-refractivity contribution in [1.82, 2.24) is 4.72 Å². The molecule has 21 heavy (non-hydrogen) atoms. The molecule has 0 saturated heterocycles. The monoisotopic (exact) mass is 339 g/mol. The molecule has 0 aliphatic rings. The summed E-state index contributed by atoms with van der Waals surface area (Å²) in [4.78, 5) is -0.471. The Morgan fingerprint density at radius 3 is 2.10 bits per heavy atom. The van der Waals surface area contributed by atoms with Gasteiger partial charge in [-0.1, -0.05) is 31.5 Å². The third-order valence-corrected chi connectivity index (χ3v) is 4.98. The van der Waals surface area contributed by atoms with Gasteiger partial charge in [-0.25, -0.2) is 21.9 Å². The van der Waals surface area contributed by atoms with Crippen molar-refractivity contribution in [2.45, 2.75) is 57.4 Å². The van der Waals surface area contributed by atoms with Crippen LogP contribution in [0.4, 0.5) is 8.78 Å². The van der Waals surface area contributed by atoms with Gasteiger partial charge in [0.25, 0.3) is 6.43 Å². The van der Waals surface area contributed by atoms with Gasteiger partial charge in [0.1, 0.15) is 0 Å². The summed E-state index contributed by atoms with van der Waals surface area (Å²) >= 11 is 6.01. The maximum Gasteiger partial charge on any atom is 0.266 e. The standard InChI is InChI=1S/C14H20ClF2NO2S/c1-8(2)9-6-7-10(11(12(9)15)13(16)17)21(19,20)18-14(3,4)5/h6-8,13,18H,1-5H3. The highest BCUT2D eigenvalue weighted by atomic mass is 35.5. The quantitative estimate of drug-likeness (QED) is 0.879. The molecule has 0 spiro atoms. The van der Waals surface area contributed by atoms with Crippen LogP contribution >= 0.6 is 11.6 Å². The van der Waals surface area contributed by atoms with E-state index in [1.807, 2.05) is 0 Å². The fourth-order valence-corrected chi connectivity index (χ4v) is 4.10. The fraction of sp³-hybridized carbons (Fsp3) is 0.571. The zero-order valence-electron chi connectivity index (χ0n) is 12.7. The molecule has 0 atom stereocenters. The van der Waals surface area contributed by atoms with E-state index in [1.54, 1.807) is 34.6 Å². The number of halogens is 3. The van der Waals surface area contributed by atoms with Crippen LogP contribution in [0.15, 0.2) is 17.0 Å². The topological polar surface area (TPSA) is 46.2 Å². The molecule has 0 saturated carbocycles. The Kier molecular flexibility index (Phi) is 5.40. The Morgan fingerprint density at radius 2 is 1.71 bits per heavy atom. The molecule has 0 amide bonds. The number of nitrogens with one attached hydrogen (secondary N) is 1. The third kappa shape index (κ3) is 4.37. The Bertz CT molecular complexity index is 623. The predicted molar refractivity (Wildman–Crippen MR) is 80.6 cm³/mol. The highest BCUT2D eigenvalue weighted by Crippen LogP contribution is 2.38. The molecule has 0 aromatic heterocycles.